The van der Waals surface area contributed by atoms with Gasteiger partial charge in [0.1, 0.15) is 22.7 Å². The number of likely N-dealkylation sites (N-methyl/N-ethyl adjacent to an activating group) is 1. The number of fused-ring (bicyclic) bond motifs is 2. The number of ether oxygens (including phenoxy) is 1. The van der Waals surface area contributed by atoms with E-state index in [1.54, 1.807) is 31.5 Å². The topological polar surface area (TPSA) is 110 Å². The highest BCUT2D eigenvalue weighted by atomic mass is 32.2. The quantitative estimate of drug-likeness (QED) is 0.215. The van der Waals surface area contributed by atoms with Crippen molar-refractivity contribution in [2.45, 2.75) is 6.92 Å². The summed E-state index contributed by atoms with van der Waals surface area (Å²) in [5.41, 5.74) is 7.32. The first-order valence-corrected chi connectivity index (χ1v) is 14.7. The van der Waals surface area contributed by atoms with Crippen LogP contribution in [0.1, 0.15) is 5.56 Å². The molecule has 0 radical (unpaired) electrons. The van der Waals surface area contributed by atoms with E-state index < -0.39 is 0 Å². The Kier molecular flexibility index (Phi) is 7.41. The molecule has 0 amide bonds. The van der Waals surface area contributed by atoms with Crippen molar-refractivity contribution in [1.82, 2.24) is 29.8 Å². The fraction of sp³-hybridized carbons (Fsp3) is 0.310. The lowest BCUT2D eigenvalue weighted by Gasteiger charge is -2.35. The molecule has 1 aliphatic rings. The van der Waals surface area contributed by atoms with Crippen LogP contribution in [0.4, 0.5) is 34.5 Å². The molecule has 41 heavy (non-hydrogen) atoms. The first-order chi connectivity index (χ1) is 19.9. The van der Waals surface area contributed by atoms with Gasteiger partial charge in [-0.05, 0) is 43.8 Å². The molecule has 0 bridgehead atoms. The van der Waals surface area contributed by atoms with E-state index in [1.807, 2.05) is 37.7 Å². The number of nitrogens with one attached hydrogen (secondary N) is 3. The molecule has 3 N–H and O–H groups in total. The molecule has 0 aliphatic carbocycles. The van der Waals surface area contributed by atoms with Crippen LogP contribution in [0.3, 0.4) is 0 Å². The largest absolute Gasteiger partial charge is 0.494 e. The van der Waals surface area contributed by atoms with E-state index in [2.05, 4.69) is 65.8 Å². The lowest BCUT2D eigenvalue weighted by Crippen LogP contribution is -2.44. The van der Waals surface area contributed by atoms with Gasteiger partial charge in [0, 0.05) is 69.8 Å². The van der Waals surface area contributed by atoms with E-state index >= 15 is 0 Å². The van der Waals surface area contributed by atoms with Gasteiger partial charge < -0.3 is 34.5 Å². The summed E-state index contributed by atoms with van der Waals surface area (Å²) < 4.78 is 7.89. The van der Waals surface area contributed by atoms with E-state index in [4.69, 9.17) is 14.7 Å². The lowest BCUT2D eigenvalue weighted by atomic mass is 10.1. The molecule has 5 aromatic rings. The molecule has 3 aromatic heterocycles. The second-order valence-corrected chi connectivity index (χ2v) is 11.0. The van der Waals surface area contributed by atoms with Crippen molar-refractivity contribution in [3.8, 4) is 5.75 Å². The standard InChI is InChI=1S/C29H34N10OS/c1-18-16-22(24(40-4)17-23(18)39-14-12-37(2)13-15-39)34-29-35-27-19(8-9-32-27)28(36-29)33-21-7-6-20-25(31-11-10-30-20)26(21)38(3)41-5/h6-11,16-17H,12-15H2,1-5H3,(H3,32,33,34,35,36). The third-order valence-electron chi connectivity index (χ3n) is 7.48. The Hall–Kier alpha value is -4.29. The average molecular weight is 571 g/mol. The molecule has 12 heteroatoms. The van der Waals surface area contributed by atoms with Crippen LogP contribution in [-0.2, 0) is 0 Å². The van der Waals surface area contributed by atoms with Crippen LogP contribution in [0.15, 0.2) is 48.9 Å². The number of piperazine rings is 1. The summed E-state index contributed by atoms with van der Waals surface area (Å²) in [6.45, 7) is 6.19. The monoisotopic (exact) mass is 570 g/mol. The number of nitrogens with zero attached hydrogens (tertiary/aromatic N) is 7. The van der Waals surface area contributed by atoms with Crippen LogP contribution in [-0.4, -0.2) is 83.5 Å². The molecule has 0 spiro atoms. The fourth-order valence-corrected chi connectivity index (χ4v) is 5.57. The molecule has 1 aliphatic heterocycles. The van der Waals surface area contributed by atoms with Gasteiger partial charge in [0.25, 0.3) is 0 Å². The minimum absolute atomic E-state index is 0.452. The number of H-pyrrole nitrogens is 1. The van der Waals surface area contributed by atoms with E-state index in [9.17, 15) is 0 Å². The highest BCUT2D eigenvalue weighted by Crippen LogP contribution is 2.38. The van der Waals surface area contributed by atoms with Gasteiger partial charge >= 0.3 is 0 Å². The molecular formula is C29H34N10OS. The molecule has 212 valence electrons. The third kappa shape index (κ3) is 5.27. The molecule has 1 fully saturated rings. The summed E-state index contributed by atoms with van der Waals surface area (Å²) in [5, 5.41) is 7.85. The molecule has 1 saturated heterocycles. The summed E-state index contributed by atoms with van der Waals surface area (Å²) in [4.78, 5) is 26.8. The van der Waals surface area contributed by atoms with Gasteiger partial charge in [-0.1, -0.05) is 11.9 Å². The number of methoxy groups -OCH3 is 1. The van der Waals surface area contributed by atoms with E-state index in [-0.39, 0.29) is 0 Å². The van der Waals surface area contributed by atoms with Crippen LogP contribution >= 0.6 is 11.9 Å². The Bertz CT molecular complexity index is 1700. The summed E-state index contributed by atoms with van der Waals surface area (Å²) in [6.07, 6.45) is 7.31. The highest BCUT2D eigenvalue weighted by Gasteiger charge is 2.20. The average Bonchev–Trinajstić information content (AvgIpc) is 3.46. The molecule has 11 nitrogen and oxygen atoms in total. The van der Waals surface area contributed by atoms with Gasteiger partial charge in [-0.25, -0.2) is 0 Å². The maximum Gasteiger partial charge on any atom is 0.231 e. The van der Waals surface area contributed by atoms with Crippen molar-refractivity contribution in [2.75, 3.05) is 73.5 Å². The van der Waals surface area contributed by atoms with Gasteiger partial charge in [0.05, 0.1) is 35.1 Å². The second-order valence-electron chi connectivity index (χ2n) is 10.1. The predicted molar refractivity (Wildman–Crippen MR) is 169 cm³/mol. The zero-order valence-corrected chi connectivity index (χ0v) is 24.7. The third-order valence-corrected chi connectivity index (χ3v) is 8.21. The van der Waals surface area contributed by atoms with Crippen LogP contribution < -0.4 is 24.6 Å². The molecule has 2 aromatic carbocycles. The van der Waals surface area contributed by atoms with Crippen molar-refractivity contribution in [3.63, 3.8) is 0 Å². The Morgan fingerprint density at radius 3 is 2.59 bits per heavy atom. The molecule has 0 atom stereocenters. The normalized spacial score (nSPS) is 14.0. The number of rotatable bonds is 8. The molecule has 0 saturated carbocycles. The van der Waals surface area contributed by atoms with Gasteiger partial charge in [-0.15, -0.1) is 0 Å². The Morgan fingerprint density at radius 2 is 1.80 bits per heavy atom. The number of hydrogen-bond donors (Lipinski definition) is 3. The Balaban J connectivity index is 1.36. The van der Waals surface area contributed by atoms with Crippen molar-refractivity contribution < 1.29 is 4.74 Å². The Labute approximate surface area is 243 Å². The molecular weight excluding hydrogens is 536 g/mol. The summed E-state index contributed by atoms with van der Waals surface area (Å²) >= 11 is 1.60. The minimum Gasteiger partial charge on any atom is -0.494 e. The van der Waals surface area contributed by atoms with Gasteiger partial charge in [0.2, 0.25) is 5.95 Å². The summed E-state index contributed by atoms with van der Waals surface area (Å²) in [5.74, 6) is 1.86. The highest BCUT2D eigenvalue weighted by molar-refractivity contribution is 7.99. The maximum absolute atomic E-state index is 5.82. The zero-order chi connectivity index (χ0) is 28.5. The molecule has 0 unspecified atom stereocenters. The number of anilines is 6. The van der Waals surface area contributed by atoms with Crippen molar-refractivity contribution in [2.24, 2.45) is 0 Å². The van der Waals surface area contributed by atoms with Crippen molar-refractivity contribution >= 4 is 68.5 Å². The Morgan fingerprint density at radius 1 is 1.00 bits per heavy atom. The maximum atomic E-state index is 5.82. The van der Waals surface area contributed by atoms with Crippen LogP contribution in [0.5, 0.6) is 5.75 Å². The van der Waals surface area contributed by atoms with Gasteiger partial charge in [-0.3, -0.25) is 9.97 Å². The minimum atomic E-state index is 0.452. The summed E-state index contributed by atoms with van der Waals surface area (Å²) in [6, 6.07) is 10.2. The number of aromatic nitrogens is 5. The van der Waals surface area contributed by atoms with Crippen LogP contribution in [0.2, 0.25) is 0 Å². The smallest absolute Gasteiger partial charge is 0.231 e. The first-order valence-electron chi connectivity index (χ1n) is 13.5. The van der Waals surface area contributed by atoms with Crippen LogP contribution in [0, 0.1) is 6.92 Å². The fourth-order valence-electron chi connectivity index (χ4n) is 5.21. The molecule has 6 rings (SSSR count). The predicted octanol–water partition coefficient (Wildman–Crippen LogP) is 5.17. The van der Waals surface area contributed by atoms with Crippen molar-refractivity contribution in [1.29, 1.82) is 0 Å². The van der Waals surface area contributed by atoms with Gasteiger partial charge in [0.15, 0.2) is 0 Å². The number of hydrogen-bond acceptors (Lipinski definition) is 11. The van der Waals surface area contributed by atoms with Gasteiger partial charge in [-0.2, -0.15) is 9.97 Å². The summed E-state index contributed by atoms with van der Waals surface area (Å²) in [7, 11) is 5.87. The molecule has 4 heterocycles. The second kappa shape index (κ2) is 11.3. The van der Waals surface area contributed by atoms with E-state index in [0.717, 1.165) is 71.1 Å². The lowest BCUT2D eigenvalue weighted by molar-refractivity contribution is 0.312. The number of aromatic amines is 1. The first kappa shape index (κ1) is 26.9. The van der Waals surface area contributed by atoms with E-state index in [0.29, 0.717) is 11.8 Å². The van der Waals surface area contributed by atoms with Crippen LogP contribution in [0.25, 0.3) is 22.1 Å². The van der Waals surface area contributed by atoms with Crippen molar-refractivity contribution in [3.05, 3.63) is 54.5 Å². The van der Waals surface area contributed by atoms with E-state index in [1.165, 1.54) is 11.3 Å². The number of aryl methyl sites for hydroxylation is 1. The zero-order valence-electron chi connectivity index (χ0n) is 23.9. The SMILES string of the molecule is COc1cc(N2CCN(C)CC2)c(C)cc1Nc1nc(Nc2ccc3nccnc3c2N(C)SC)c2cc[nH]c2n1. The number of benzene rings is 2.